The number of halogens is 4. The number of hydrogen-bond acceptors (Lipinski definition) is 4. The van der Waals surface area contributed by atoms with Gasteiger partial charge in [-0.3, -0.25) is 0 Å². The van der Waals surface area contributed by atoms with Crippen LogP contribution in [0.2, 0.25) is 5.02 Å². The van der Waals surface area contributed by atoms with E-state index >= 15 is 0 Å². The average Bonchev–Trinajstić information content (AvgIpc) is 2.44. The highest BCUT2D eigenvalue weighted by Gasteiger charge is 2.34. The number of alkyl halides is 3. The standard InChI is InChI=1S/C16H21ClF3N3O2/c1-10-9-22(5-6-23(10)14(24)25-15(2,3)4)13-12(17)7-11(8-21-13)16(18,19)20/h7-8,10H,5-6,9H2,1-4H3/t10-/m0/s1. The minimum atomic E-state index is -4.49. The molecule has 1 aromatic heterocycles. The van der Waals surface area contributed by atoms with Crippen molar-refractivity contribution in [3.63, 3.8) is 0 Å². The van der Waals surface area contributed by atoms with Crippen LogP contribution < -0.4 is 4.90 Å². The van der Waals surface area contributed by atoms with Crippen molar-refractivity contribution in [3.8, 4) is 0 Å². The lowest BCUT2D eigenvalue weighted by Crippen LogP contribution is -2.55. The van der Waals surface area contributed by atoms with Crippen molar-refractivity contribution in [1.82, 2.24) is 9.88 Å². The summed E-state index contributed by atoms with van der Waals surface area (Å²) < 4.78 is 43.5. The van der Waals surface area contributed by atoms with Crippen LogP contribution in [-0.2, 0) is 10.9 Å². The molecule has 1 aliphatic rings. The maximum Gasteiger partial charge on any atom is 0.417 e. The zero-order chi connectivity index (χ0) is 19.0. The highest BCUT2D eigenvalue weighted by atomic mass is 35.5. The normalized spacial score (nSPS) is 19.1. The average molecular weight is 380 g/mol. The Morgan fingerprint density at radius 3 is 2.44 bits per heavy atom. The van der Waals surface area contributed by atoms with Crippen LogP contribution in [0.15, 0.2) is 12.3 Å². The van der Waals surface area contributed by atoms with Crippen LogP contribution >= 0.6 is 11.6 Å². The van der Waals surface area contributed by atoms with Gasteiger partial charge in [-0.05, 0) is 33.8 Å². The van der Waals surface area contributed by atoms with Gasteiger partial charge >= 0.3 is 12.3 Å². The van der Waals surface area contributed by atoms with Gasteiger partial charge in [0.05, 0.1) is 10.6 Å². The van der Waals surface area contributed by atoms with Crippen LogP contribution in [0.1, 0.15) is 33.3 Å². The van der Waals surface area contributed by atoms with E-state index in [0.717, 1.165) is 12.3 Å². The minimum Gasteiger partial charge on any atom is -0.444 e. The Bertz CT molecular complexity index is 646. The molecule has 0 aliphatic carbocycles. The summed E-state index contributed by atoms with van der Waals surface area (Å²) >= 11 is 5.99. The first-order valence-corrected chi connectivity index (χ1v) is 8.23. The number of ether oxygens (including phenoxy) is 1. The Balaban J connectivity index is 2.09. The summed E-state index contributed by atoms with van der Waals surface area (Å²) in [5.74, 6) is 0.283. The number of hydrogen-bond donors (Lipinski definition) is 0. The molecule has 1 atom stereocenters. The Labute approximate surface area is 149 Å². The lowest BCUT2D eigenvalue weighted by molar-refractivity contribution is -0.137. The summed E-state index contributed by atoms with van der Waals surface area (Å²) in [6, 6.07) is 0.679. The van der Waals surface area contributed by atoms with Gasteiger partial charge in [-0.25, -0.2) is 9.78 Å². The number of rotatable bonds is 1. The summed E-state index contributed by atoms with van der Waals surface area (Å²) in [6.07, 6.45) is -4.13. The van der Waals surface area contributed by atoms with Gasteiger partial charge in [0.1, 0.15) is 11.4 Å². The molecule has 2 heterocycles. The molecule has 1 saturated heterocycles. The molecule has 0 aromatic carbocycles. The van der Waals surface area contributed by atoms with Gasteiger partial charge in [0.15, 0.2) is 0 Å². The number of carbonyl (C=O) groups excluding carboxylic acids is 1. The lowest BCUT2D eigenvalue weighted by Gasteiger charge is -2.40. The van der Waals surface area contributed by atoms with Crippen LogP contribution in [0.4, 0.5) is 23.8 Å². The lowest BCUT2D eigenvalue weighted by atomic mass is 10.2. The number of pyridine rings is 1. The summed E-state index contributed by atoms with van der Waals surface area (Å²) in [5, 5.41) is -0.0623. The van der Waals surface area contributed by atoms with Crippen molar-refractivity contribution in [1.29, 1.82) is 0 Å². The molecule has 1 fully saturated rings. The third-order valence-electron chi connectivity index (χ3n) is 3.70. The van der Waals surface area contributed by atoms with Crippen LogP contribution in [0.5, 0.6) is 0 Å². The molecule has 0 unspecified atom stereocenters. The van der Waals surface area contributed by atoms with Gasteiger partial charge in [0, 0.05) is 31.9 Å². The second-order valence-corrected chi connectivity index (χ2v) is 7.40. The Morgan fingerprint density at radius 1 is 1.32 bits per heavy atom. The Hall–Kier alpha value is -1.70. The van der Waals surface area contributed by atoms with Gasteiger partial charge in [0.25, 0.3) is 0 Å². The van der Waals surface area contributed by atoms with Gasteiger partial charge < -0.3 is 14.5 Å². The first kappa shape index (κ1) is 19.6. The molecule has 1 aliphatic heterocycles. The van der Waals surface area contributed by atoms with Crippen LogP contribution in [0.25, 0.3) is 0 Å². The van der Waals surface area contributed by atoms with E-state index in [4.69, 9.17) is 16.3 Å². The third kappa shape index (κ3) is 4.90. The molecule has 1 amide bonds. The summed E-state index contributed by atoms with van der Waals surface area (Å²) in [6.45, 7) is 8.38. The monoisotopic (exact) mass is 379 g/mol. The van der Waals surface area contributed by atoms with Crippen LogP contribution in [0.3, 0.4) is 0 Å². The first-order valence-electron chi connectivity index (χ1n) is 7.86. The molecule has 9 heteroatoms. The molecule has 0 spiro atoms. The zero-order valence-electron chi connectivity index (χ0n) is 14.5. The third-order valence-corrected chi connectivity index (χ3v) is 3.98. The highest BCUT2D eigenvalue weighted by Crippen LogP contribution is 2.34. The van der Waals surface area contributed by atoms with Crippen molar-refractivity contribution < 1.29 is 22.7 Å². The molecule has 0 saturated carbocycles. The first-order chi connectivity index (χ1) is 11.4. The maximum absolute atomic E-state index is 12.7. The highest BCUT2D eigenvalue weighted by molar-refractivity contribution is 6.33. The molecular formula is C16H21ClF3N3O2. The SMILES string of the molecule is C[C@H]1CN(c2ncc(C(F)(F)F)cc2Cl)CCN1C(=O)OC(C)(C)C. The summed E-state index contributed by atoms with van der Waals surface area (Å²) in [5.41, 5.74) is -1.48. The van der Waals surface area contributed by atoms with E-state index in [-0.39, 0.29) is 16.9 Å². The summed E-state index contributed by atoms with van der Waals surface area (Å²) in [7, 11) is 0. The van der Waals surface area contributed by atoms with Gasteiger partial charge in [-0.2, -0.15) is 13.2 Å². The number of carbonyl (C=O) groups is 1. The molecule has 140 valence electrons. The predicted octanol–water partition coefficient (Wildman–Crippen LogP) is 4.20. The van der Waals surface area contributed by atoms with E-state index in [1.807, 2.05) is 6.92 Å². The topological polar surface area (TPSA) is 45.7 Å². The number of nitrogens with zero attached hydrogens (tertiary/aromatic N) is 3. The van der Waals surface area contributed by atoms with Crippen molar-refractivity contribution in [2.75, 3.05) is 24.5 Å². The Morgan fingerprint density at radius 2 is 1.96 bits per heavy atom. The smallest absolute Gasteiger partial charge is 0.417 e. The van der Waals surface area contributed by atoms with Crippen molar-refractivity contribution in [2.24, 2.45) is 0 Å². The Kier molecular flexibility index (Phi) is 5.41. The van der Waals surface area contributed by atoms with E-state index in [1.165, 1.54) is 0 Å². The maximum atomic E-state index is 12.7. The second-order valence-electron chi connectivity index (χ2n) is 7.00. The van der Waals surface area contributed by atoms with Crippen molar-refractivity contribution >= 4 is 23.5 Å². The molecular weight excluding hydrogens is 359 g/mol. The minimum absolute atomic E-state index is 0.0623. The molecule has 2 rings (SSSR count). The van der Waals surface area contributed by atoms with Crippen molar-refractivity contribution in [3.05, 3.63) is 22.8 Å². The van der Waals surface area contributed by atoms with E-state index in [2.05, 4.69) is 4.98 Å². The number of anilines is 1. The predicted molar refractivity (Wildman–Crippen MR) is 88.9 cm³/mol. The molecule has 0 N–H and O–H groups in total. The summed E-state index contributed by atoms with van der Waals surface area (Å²) in [4.78, 5) is 19.4. The fraction of sp³-hybridized carbons (Fsp3) is 0.625. The van der Waals surface area contributed by atoms with Crippen LogP contribution in [-0.4, -0.2) is 47.3 Å². The quantitative estimate of drug-likeness (QED) is 0.733. The van der Waals surface area contributed by atoms with Crippen molar-refractivity contribution in [2.45, 2.75) is 45.5 Å². The van der Waals surface area contributed by atoms with Gasteiger partial charge in [-0.1, -0.05) is 11.6 Å². The molecule has 0 radical (unpaired) electrons. The largest absolute Gasteiger partial charge is 0.444 e. The second kappa shape index (κ2) is 6.90. The van der Waals surface area contributed by atoms with Crippen LogP contribution in [0, 0.1) is 0 Å². The van der Waals surface area contributed by atoms with Gasteiger partial charge in [-0.15, -0.1) is 0 Å². The van der Waals surface area contributed by atoms with E-state index in [0.29, 0.717) is 19.6 Å². The number of piperazine rings is 1. The molecule has 25 heavy (non-hydrogen) atoms. The number of amides is 1. The zero-order valence-corrected chi connectivity index (χ0v) is 15.3. The van der Waals surface area contributed by atoms with E-state index in [9.17, 15) is 18.0 Å². The number of aromatic nitrogens is 1. The van der Waals surface area contributed by atoms with Gasteiger partial charge in [0.2, 0.25) is 0 Å². The fourth-order valence-electron chi connectivity index (χ4n) is 2.56. The van der Waals surface area contributed by atoms with E-state index < -0.39 is 23.4 Å². The molecule has 5 nitrogen and oxygen atoms in total. The van der Waals surface area contributed by atoms with E-state index in [1.54, 1.807) is 30.6 Å². The molecule has 1 aromatic rings. The fourth-order valence-corrected chi connectivity index (χ4v) is 2.85. The molecule has 0 bridgehead atoms.